The topological polar surface area (TPSA) is 46.5 Å². The predicted octanol–water partition coefficient (Wildman–Crippen LogP) is 4.00. The Balaban J connectivity index is 2.22. The first-order chi connectivity index (χ1) is 8.42. The summed E-state index contributed by atoms with van der Waals surface area (Å²) in [6, 6.07) is 7.25. The first-order valence-electron chi connectivity index (χ1n) is 6.03. The molecule has 1 N–H and O–H groups in total. The maximum Gasteiger partial charge on any atom is 0.309 e. The molecule has 0 fully saturated rings. The van der Waals surface area contributed by atoms with Gasteiger partial charge in [-0.15, -0.1) is 0 Å². The zero-order chi connectivity index (χ0) is 13.6. The molecule has 0 spiro atoms. The third-order valence-electron chi connectivity index (χ3n) is 2.84. The number of carbonyl (C=O) groups is 1. The maximum atomic E-state index is 10.9. The lowest BCUT2D eigenvalue weighted by Gasteiger charge is -2.18. The van der Waals surface area contributed by atoms with Gasteiger partial charge in [0, 0.05) is 5.02 Å². The summed E-state index contributed by atoms with van der Waals surface area (Å²) >= 11 is 5.83. The van der Waals surface area contributed by atoms with Crippen LogP contribution in [0.25, 0.3) is 0 Å². The monoisotopic (exact) mass is 270 g/mol. The summed E-state index contributed by atoms with van der Waals surface area (Å²) in [5.74, 6) is -0.00162. The molecule has 1 aromatic carbocycles. The van der Waals surface area contributed by atoms with Crippen LogP contribution in [0.3, 0.4) is 0 Å². The van der Waals surface area contributed by atoms with Crippen molar-refractivity contribution in [1.29, 1.82) is 0 Å². The minimum absolute atomic E-state index is 0.579. The van der Waals surface area contributed by atoms with Crippen LogP contribution in [0, 0.1) is 5.41 Å². The number of aliphatic carboxylic acids is 1. The van der Waals surface area contributed by atoms with Gasteiger partial charge in [-0.2, -0.15) is 0 Å². The molecule has 0 unspecified atom stereocenters. The van der Waals surface area contributed by atoms with Crippen molar-refractivity contribution >= 4 is 17.6 Å². The molecule has 0 aliphatic rings. The molecule has 0 saturated heterocycles. The number of unbranched alkanes of at least 4 members (excludes halogenated alkanes) is 1. The standard InChI is InChI=1S/C14H19ClO3/c1-14(2,13(16)17)8-3-4-9-18-12-7-5-6-11(15)10-12/h5-7,10H,3-4,8-9H2,1-2H3,(H,16,17). The van der Waals surface area contributed by atoms with Gasteiger partial charge in [0.1, 0.15) is 5.75 Å². The Bertz CT molecular complexity index is 402. The Labute approximate surface area is 113 Å². The van der Waals surface area contributed by atoms with Gasteiger partial charge in [-0.25, -0.2) is 0 Å². The zero-order valence-electron chi connectivity index (χ0n) is 10.8. The van der Waals surface area contributed by atoms with Crippen LogP contribution >= 0.6 is 11.6 Å². The molecule has 4 heteroatoms. The number of benzene rings is 1. The normalized spacial score (nSPS) is 11.3. The summed E-state index contributed by atoms with van der Waals surface area (Å²) in [5.41, 5.74) is -0.657. The summed E-state index contributed by atoms with van der Waals surface area (Å²) < 4.78 is 5.53. The average molecular weight is 271 g/mol. The lowest BCUT2D eigenvalue weighted by Crippen LogP contribution is -2.23. The van der Waals surface area contributed by atoms with Crippen molar-refractivity contribution in [2.24, 2.45) is 5.41 Å². The second kappa shape index (κ2) is 6.64. The second-order valence-corrected chi connectivity index (χ2v) is 5.39. The molecule has 0 aromatic heterocycles. The van der Waals surface area contributed by atoms with Crippen LogP contribution in [0.5, 0.6) is 5.75 Å². The van der Waals surface area contributed by atoms with E-state index in [1.807, 2.05) is 12.1 Å². The minimum Gasteiger partial charge on any atom is -0.494 e. The molecule has 0 radical (unpaired) electrons. The quantitative estimate of drug-likeness (QED) is 0.762. The fourth-order valence-electron chi connectivity index (χ4n) is 1.52. The van der Waals surface area contributed by atoms with Crippen molar-refractivity contribution in [3.8, 4) is 5.75 Å². The molecular weight excluding hydrogens is 252 g/mol. The highest BCUT2D eigenvalue weighted by molar-refractivity contribution is 6.30. The van der Waals surface area contributed by atoms with E-state index in [1.165, 1.54) is 0 Å². The number of hydrogen-bond acceptors (Lipinski definition) is 2. The Morgan fingerprint density at radius 2 is 2.11 bits per heavy atom. The van der Waals surface area contributed by atoms with Crippen molar-refractivity contribution in [3.05, 3.63) is 29.3 Å². The number of ether oxygens (including phenoxy) is 1. The Kier molecular flexibility index (Phi) is 5.48. The van der Waals surface area contributed by atoms with Gasteiger partial charge in [-0.1, -0.05) is 17.7 Å². The van der Waals surface area contributed by atoms with Gasteiger partial charge in [0.05, 0.1) is 12.0 Å². The summed E-state index contributed by atoms with van der Waals surface area (Å²) in [6.45, 7) is 4.07. The molecule has 0 aliphatic carbocycles. The molecular formula is C14H19ClO3. The number of carboxylic acids is 1. The SMILES string of the molecule is CC(C)(CCCCOc1cccc(Cl)c1)C(=O)O. The van der Waals surface area contributed by atoms with Crippen LogP contribution in [-0.2, 0) is 4.79 Å². The van der Waals surface area contributed by atoms with Gasteiger partial charge < -0.3 is 9.84 Å². The molecule has 1 aromatic rings. The maximum absolute atomic E-state index is 10.9. The lowest BCUT2D eigenvalue weighted by molar-refractivity contribution is -0.147. The fraction of sp³-hybridized carbons (Fsp3) is 0.500. The van der Waals surface area contributed by atoms with Crippen LogP contribution in [-0.4, -0.2) is 17.7 Å². The van der Waals surface area contributed by atoms with Crippen LogP contribution in [0.15, 0.2) is 24.3 Å². The fourth-order valence-corrected chi connectivity index (χ4v) is 1.70. The summed E-state index contributed by atoms with van der Waals surface area (Å²) in [7, 11) is 0. The highest BCUT2D eigenvalue weighted by atomic mass is 35.5. The number of halogens is 1. The van der Waals surface area contributed by atoms with E-state index < -0.39 is 11.4 Å². The lowest BCUT2D eigenvalue weighted by atomic mass is 9.87. The van der Waals surface area contributed by atoms with Crippen LogP contribution < -0.4 is 4.74 Å². The van der Waals surface area contributed by atoms with Gasteiger partial charge in [0.25, 0.3) is 0 Å². The molecule has 0 aliphatic heterocycles. The Morgan fingerprint density at radius 1 is 1.39 bits per heavy atom. The van der Waals surface area contributed by atoms with Crippen molar-refractivity contribution in [2.75, 3.05) is 6.61 Å². The Hall–Kier alpha value is -1.22. The van der Waals surface area contributed by atoms with Crippen LogP contribution in [0.1, 0.15) is 33.1 Å². The van der Waals surface area contributed by atoms with E-state index in [4.69, 9.17) is 21.4 Å². The third-order valence-corrected chi connectivity index (χ3v) is 3.07. The van der Waals surface area contributed by atoms with Gasteiger partial charge in [0.15, 0.2) is 0 Å². The third kappa shape index (κ3) is 4.96. The molecule has 0 atom stereocenters. The van der Waals surface area contributed by atoms with E-state index in [0.29, 0.717) is 18.1 Å². The molecule has 0 amide bonds. The van der Waals surface area contributed by atoms with Crippen molar-refractivity contribution in [2.45, 2.75) is 33.1 Å². The Morgan fingerprint density at radius 3 is 2.72 bits per heavy atom. The summed E-state index contributed by atoms with van der Waals surface area (Å²) in [4.78, 5) is 10.9. The highest BCUT2D eigenvalue weighted by Crippen LogP contribution is 2.23. The number of carboxylic acid groups (broad SMARTS) is 1. The first kappa shape index (κ1) is 14.8. The van der Waals surface area contributed by atoms with E-state index in [0.717, 1.165) is 18.6 Å². The zero-order valence-corrected chi connectivity index (χ0v) is 11.5. The first-order valence-corrected chi connectivity index (χ1v) is 6.41. The molecule has 0 heterocycles. The van der Waals surface area contributed by atoms with Crippen molar-refractivity contribution in [1.82, 2.24) is 0 Å². The average Bonchev–Trinajstić information content (AvgIpc) is 2.28. The van der Waals surface area contributed by atoms with E-state index in [1.54, 1.807) is 26.0 Å². The second-order valence-electron chi connectivity index (χ2n) is 4.95. The predicted molar refractivity (Wildman–Crippen MR) is 72.2 cm³/mol. The number of hydrogen-bond donors (Lipinski definition) is 1. The molecule has 3 nitrogen and oxygen atoms in total. The van der Waals surface area contributed by atoms with Crippen molar-refractivity contribution in [3.63, 3.8) is 0 Å². The molecule has 1 rings (SSSR count). The summed E-state index contributed by atoms with van der Waals surface area (Å²) in [6.07, 6.45) is 2.32. The van der Waals surface area contributed by atoms with E-state index in [-0.39, 0.29) is 0 Å². The van der Waals surface area contributed by atoms with Crippen LogP contribution in [0.2, 0.25) is 5.02 Å². The van der Waals surface area contributed by atoms with E-state index in [9.17, 15) is 4.79 Å². The van der Waals surface area contributed by atoms with Gasteiger partial charge in [-0.05, 0) is 51.3 Å². The van der Waals surface area contributed by atoms with Crippen molar-refractivity contribution < 1.29 is 14.6 Å². The minimum atomic E-state index is -0.752. The highest BCUT2D eigenvalue weighted by Gasteiger charge is 2.25. The van der Waals surface area contributed by atoms with E-state index in [2.05, 4.69) is 0 Å². The van der Waals surface area contributed by atoms with Gasteiger partial charge in [-0.3, -0.25) is 4.79 Å². The summed E-state index contributed by atoms with van der Waals surface area (Å²) in [5, 5.41) is 9.61. The molecule has 18 heavy (non-hydrogen) atoms. The molecule has 0 bridgehead atoms. The van der Waals surface area contributed by atoms with E-state index >= 15 is 0 Å². The largest absolute Gasteiger partial charge is 0.494 e. The number of rotatable bonds is 7. The van der Waals surface area contributed by atoms with Crippen LogP contribution in [0.4, 0.5) is 0 Å². The van der Waals surface area contributed by atoms with Gasteiger partial charge in [0.2, 0.25) is 0 Å². The molecule has 0 saturated carbocycles. The van der Waals surface area contributed by atoms with Gasteiger partial charge >= 0.3 is 5.97 Å². The molecule has 100 valence electrons. The smallest absolute Gasteiger partial charge is 0.309 e.